The Kier molecular flexibility index (Phi) is 2.95. The summed E-state index contributed by atoms with van der Waals surface area (Å²) in [6, 6.07) is 0. The van der Waals surface area contributed by atoms with Gasteiger partial charge in [-0.05, 0) is 56.3 Å². The van der Waals surface area contributed by atoms with Crippen molar-refractivity contribution in [2.45, 2.75) is 44.1 Å². The summed E-state index contributed by atoms with van der Waals surface area (Å²) >= 11 is 0. The first kappa shape index (κ1) is 12.8. The Morgan fingerprint density at radius 2 is 1.63 bits per heavy atom. The monoisotopic (exact) mass is 267 g/mol. The molecular weight excluding hydrogens is 246 g/mol. The van der Waals surface area contributed by atoms with Gasteiger partial charge in [-0.2, -0.15) is 0 Å². The molecule has 0 aromatic heterocycles. The topological polar surface area (TPSA) is 66.8 Å². The number of hydrogen-bond acceptors (Lipinski definition) is 3. The minimum Gasteiger partial charge on any atom is -0.480 e. The van der Waals surface area contributed by atoms with E-state index in [0.717, 1.165) is 19.3 Å². The Balaban J connectivity index is 1.88. The van der Waals surface area contributed by atoms with Crippen LogP contribution in [0.4, 0.5) is 4.79 Å². The van der Waals surface area contributed by atoms with E-state index in [1.165, 1.54) is 31.3 Å². The van der Waals surface area contributed by atoms with Crippen molar-refractivity contribution in [3.63, 3.8) is 0 Å². The molecule has 4 aliphatic rings. The number of carboxylic acids is 1. The van der Waals surface area contributed by atoms with E-state index in [1.54, 1.807) is 0 Å². The van der Waals surface area contributed by atoms with Gasteiger partial charge in [-0.15, -0.1) is 0 Å². The van der Waals surface area contributed by atoms with Crippen molar-refractivity contribution in [2.75, 3.05) is 13.7 Å². The summed E-state index contributed by atoms with van der Waals surface area (Å²) in [6.07, 6.45) is 6.19. The standard InChI is InChI=1S/C14H21NO4/c1-19-13(18)15(8-12(16)17)14-5-9-2-10(6-14)4-11(3-9)7-14/h9-11H,2-8H2,1H3,(H,16,17). The van der Waals surface area contributed by atoms with Crippen molar-refractivity contribution in [2.24, 2.45) is 17.8 Å². The van der Waals surface area contributed by atoms with Gasteiger partial charge in [0.2, 0.25) is 0 Å². The van der Waals surface area contributed by atoms with Crippen LogP contribution in [0.3, 0.4) is 0 Å². The molecule has 0 atom stereocenters. The minimum atomic E-state index is -0.957. The van der Waals surface area contributed by atoms with Gasteiger partial charge in [0.15, 0.2) is 0 Å². The Bertz CT molecular complexity index is 371. The maximum absolute atomic E-state index is 12.0. The number of methoxy groups -OCH3 is 1. The van der Waals surface area contributed by atoms with E-state index in [1.807, 2.05) is 0 Å². The first-order chi connectivity index (χ1) is 9.02. The average Bonchev–Trinajstić information content (AvgIpc) is 2.33. The molecule has 1 N–H and O–H groups in total. The van der Waals surface area contributed by atoms with Crippen molar-refractivity contribution in [1.82, 2.24) is 4.90 Å². The Morgan fingerprint density at radius 3 is 2.00 bits per heavy atom. The highest BCUT2D eigenvalue weighted by atomic mass is 16.5. The molecule has 0 aliphatic heterocycles. The molecule has 0 heterocycles. The van der Waals surface area contributed by atoms with E-state index in [0.29, 0.717) is 17.8 Å². The van der Waals surface area contributed by atoms with Gasteiger partial charge in [-0.3, -0.25) is 9.69 Å². The molecule has 4 bridgehead atoms. The molecular formula is C14H21NO4. The number of nitrogens with zero attached hydrogens (tertiary/aromatic N) is 1. The molecule has 0 aromatic rings. The third-order valence-electron chi connectivity index (χ3n) is 5.27. The van der Waals surface area contributed by atoms with Crippen molar-refractivity contribution >= 4 is 12.1 Å². The molecule has 4 rings (SSSR count). The number of carbonyl (C=O) groups is 2. The predicted octanol–water partition coefficient (Wildman–Crippen LogP) is 2.11. The smallest absolute Gasteiger partial charge is 0.410 e. The predicted molar refractivity (Wildman–Crippen MR) is 67.6 cm³/mol. The Morgan fingerprint density at radius 1 is 1.16 bits per heavy atom. The van der Waals surface area contributed by atoms with Crippen LogP contribution in [-0.2, 0) is 9.53 Å². The van der Waals surface area contributed by atoms with Gasteiger partial charge in [0.1, 0.15) is 6.54 Å². The summed E-state index contributed by atoms with van der Waals surface area (Å²) < 4.78 is 4.83. The summed E-state index contributed by atoms with van der Waals surface area (Å²) in [5, 5.41) is 9.08. The number of amides is 1. The molecule has 0 spiro atoms. The lowest BCUT2D eigenvalue weighted by Crippen LogP contribution is -2.62. The summed E-state index contributed by atoms with van der Waals surface area (Å²) in [5.41, 5.74) is -0.250. The zero-order valence-electron chi connectivity index (χ0n) is 11.3. The van der Waals surface area contributed by atoms with E-state index < -0.39 is 12.1 Å². The summed E-state index contributed by atoms with van der Waals surface area (Å²) in [4.78, 5) is 24.6. The fourth-order valence-corrected chi connectivity index (χ4v) is 5.07. The summed E-state index contributed by atoms with van der Waals surface area (Å²) in [7, 11) is 1.33. The van der Waals surface area contributed by atoms with Crippen LogP contribution in [0.1, 0.15) is 38.5 Å². The lowest BCUT2D eigenvalue weighted by Gasteiger charge is -2.59. The van der Waals surface area contributed by atoms with Crippen LogP contribution >= 0.6 is 0 Å². The maximum atomic E-state index is 12.0. The molecule has 0 unspecified atom stereocenters. The van der Waals surface area contributed by atoms with Gasteiger partial charge in [0, 0.05) is 5.54 Å². The van der Waals surface area contributed by atoms with Crippen LogP contribution in [0.15, 0.2) is 0 Å². The lowest BCUT2D eigenvalue weighted by molar-refractivity contribution is -0.143. The second-order valence-corrected chi connectivity index (χ2v) is 6.59. The third-order valence-corrected chi connectivity index (χ3v) is 5.27. The maximum Gasteiger partial charge on any atom is 0.410 e. The molecule has 1 amide bonds. The van der Waals surface area contributed by atoms with Crippen LogP contribution in [0, 0.1) is 17.8 Å². The van der Waals surface area contributed by atoms with Gasteiger partial charge in [-0.1, -0.05) is 0 Å². The molecule has 4 aliphatic carbocycles. The van der Waals surface area contributed by atoms with Crippen molar-refractivity contribution in [3.8, 4) is 0 Å². The fourth-order valence-electron chi connectivity index (χ4n) is 5.07. The van der Waals surface area contributed by atoms with Crippen molar-refractivity contribution in [3.05, 3.63) is 0 Å². The summed E-state index contributed by atoms with van der Waals surface area (Å²) in [6.45, 7) is -0.237. The molecule has 0 saturated heterocycles. The molecule has 19 heavy (non-hydrogen) atoms. The molecule has 5 heteroatoms. The summed E-state index contributed by atoms with van der Waals surface area (Å²) in [5.74, 6) is 1.06. The average molecular weight is 267 g/mol. The number of carboxylic acid groups (broad SMARTS) is 1. The first-order valence-electron chi connectivity index (χ1n) is 7.10. The Hall–Kier alpha value is -1.26. The minimum absolute atomic E-state index is 0.237. The fraction of sp³-hybridized carbons (Fsp3) is 0.857. The van der Waals surface area contributed by atoms with Crippen LogP contribution < -0.4 is 0 Å². The van der Waals surface area contributed by atoms with E-state index in [2.05, 4.69) is 0 Å². The van der Waals surface area contributed by atoms with Crippen LogP contribution in [-0.4, -0.2) is 41.3 Å². The van der Waals surface area contributed by atoms with Crippen molar-refractivity contribution in [1.29, 1.82) is 0 Å². The number of ether oxygens (including phenoxy) is 1. The highest BCUT2D eigenvalue weighted by Crippen LogP contribution is 2.57. The number of carbonyl (C=O) groups excluding carboxylic acids is 1. The van der Waals surface area contributed by atoms with Gasteiger partial charge < -0.3 is 9.84 Å². The van der Waals surface area contributed by atoms with Crippen LogP contribution in [0.25, 0.3) is 0 Å². The zero-order valence-corrected chi connectivity index (χ0v) is 11.3. The van der Waals surface area contributed by atoms with Crippen molar-refractivity contribution < 1.29 is 19.4 Å². The van der Waals surface area contributed by atoms with Crippen LogP contribution in [0.2, 0.25) is 0 Å². The SMILES string of the molecule is COC(=O)N(CC(=O)O)C12CC3CC(CC(C3)C1)C2. The van der Waals surface area contributed by atoms with Gasteiger partial charge in [0.25, 0.3) is 0 Å². The highest BCUT2D eigenvalue weighted by molar-refractivity contribution is 5.77. The molecule has 0 radical (unpaired) electrons. The quantitative estimate of drug-likeness (QED) is 0.850. The molecule has 0 aromatic carbocycles. The van der Waals surface area contributed by atoms with Gasteiger partial charge in [0.05, 0.1) is 7.11 Å². The van der Waals surface area contributed by atoms with E-state index >= 15 is 0 Å². The third kappa shape index (κ3) is 2.09. The van der Waals surface area contributed by atoms with E-state index in [-0.39, 0.29) is 12.1 Å². The Labute approximate surface area is 112 Å². The van der Waals surface area contributed by atoms with Crippen LogP contribution in [0.5, 0.6) is 0 Å². The van der Waals surface area contributed by atoms with E-state index in [4.69, 9.17) is 9.84 Å². The largest absolute Gasteiger partial charge is 0.480 e. The van der Waals surface area contributed by atoms with Gasteiger partial charge >= 0.3 is 12.1 Å². The highest BCUT2D eigenvalue weighted by Gasteiger charge is 2.55. The molecule has 4 saturated carbocycles. The number of aliphatic carboxylic acids is 1. The van der Waals surface area contributed by atoms with Gasteiger partial charge in [-0.25, -0.2) is 4.79 Å². The second-order valence-electron chi connectivity index (χ2n) is 6.59. The number of rotatable bonds is 3. The molecule has 5 nitrogen and oxygen atoms in total. The first-order valence-corrected chi connectivity index (χ1v) is 7.10. The zero-order chi connectivity index (χ0) is 13.6. The number of hydrogen-bond donors (Lipinski definition) is 1. The molecule has 4 fully saturated rings. The van der Waals surface area contributed by atoms with E-state index in [9.17, 15) is 9.59 Å². The second kappa shape index (κ2) is 4.39. The normalized spacial score (nSPS) is 39.1. The lowest BCUT2D eigenvalue weighted by atomic mass is 9.52. The molecule has 106 valence electrons.